The van der Waals surface area contributed by atoms with Gasteiger partial charge in [0, 0.05) is 24.6 Å². The van der Waals surface area contributed by atoms with Crippen LogP contribution in [-0.4, -0.2) is 20.9 Å². The van der Waals surface area contributed by atoms with Crippen LogP contribution in [0.3, 0.4) is 0 Å². The molecule has 1 amide bonds. The molecule has 0 unspecified atom stereocenters. The Morgan fingerprint density at radius 3 is 2.60 bits per heavy atom. The summed E-state index contributed by atoms with van der Waals surface area (Å²) in [6, 6.07) is 9.81. The van der Waals surface area contributed by atoms with Crippen molar-refractivity contribution in [2.45, 2.75) is 20.4 Å². The zero-order chi connectivity index (χ0) is 17.6. The van der Waals surface area contributed by atoms with Crippen molar-refractivity contribution in [3.05, 3.63) is 77.5 Å². The molecule has 3 rings (SSSR count). The van der Waals surface area contributed by atoms with Crippen LogP contribution in [0.2, 0.25) is 0 Å². The maximum atomic E-state index is 12.1. The number of pyridine rings is 1. The topological polar surface area (TPSA) is 79.8 Å². The molecule has 2 aromatic heterocycles. The van der Waals surface area contributed by atoms with E-state index >= 15 is 0 Å². The normalized spacial score (nSPS) is 10.3. The Morgan fingerprint density at radius 2 is 1.92 bits per heavy atom. The highest BCUT2D eigenvalue weighted by Crippen LogP contribution is 2.17. The standard InChI is InChI=1S/C19H19N5O/c1-13-5-6-16(8-14(13)2)24-18-12-21-17(11-22-18)19(25)23-10-15-4-3-7-20-9-15/h3-9,11-12H,10H2,1-2H3,(H,22,24)(H,23,25). The van der Waals surface area contributed by atoms with Crippen molar-refractivity contribution in [3.63, 3.8) is 0 Å². The second kappa shape index (κ2) is 7.53. The summed E-state index contributed by atoms with van der Waals surface area (Å²) in [4.78, 5) is 24.6. The van der Waals surface area contributed by atoms with Gasteiger partial charge in [0.15, 0.2) is 0 Å². The number of carbonyl (C=O) groups excluding carboxylic acids is 1. The Balaban J connectivity index is 1.61. The van der Waals surface area contributed by atoms with Gasteiger partial charge in [0.1, 0.15) is 11.5 Å². The number of aromatic nitrogens is 3. The van der Waals surface area contributed by atoms with Gasteiger partial charge in [-0.05, 0) is 48.7 Å². The molecule has 0 aliphatic heterocycles. The number of nitrogens with zero attached hydrogens (tertiary/aromatic N) is 3. The third kappa shape index (κ3) is 4.38. The molecule has 0 radical (unpaired) electrons. The van der Waals surface area contributed by atoms with E-state index in [0.29, 0.717) is 12.4 Å². The molecule has 0 aliphatic carbocycles. The molecule has 0 fully saturated rings. The van der Waals surface area contributed by atoms with E-state index in [-0.39, 0.29) is 11.6 Å². The lowest BCUT2D eigenvalue weighted by Crippen LogP contribution is -2.24. The van der Waals surface area contributed by atoms with E-state index in [4.69, 9.17) is 0 Å². The fraction of sp³-hybridized carbons (Fsp3) is 0.158. The predicted octanol–water partition coefficient (Wildman–Crippen LogP) is 3.16. The molecule has 0 bridgehead atoms. The van der Waals surface area contributed by atoms with E-state index in [0.717, 1.165) is 11.3 Å². The molecule has 0 atom stereocenters. The smallest absolute Gasteiger partial charge is 0.271 e. The first kappa shape index (κ1) is 16.6. The van der Waals surface area contributed by atoms with Gasteiger partial charge in [0.2, 0.25) is 0 Å². The number of nitrogens with one attached hydrogen (secondary N) is 2. The highest BCUT2D eigenvalue weighted by molar-refractivity contribution is 5.92. The molecule has 3 aromatic rings. The van der Waals surface area contributed by atoms with Gasteiger partial charge in [0.25, 0.3) is 5.91 Å². The van der Waals surface area contributed by atoms with E-state index in [1.807, 2.05) is 30.3 Å². The Bertz CT molecular complexity index is 863. The number of rotatable bonds is 5. The van der Waals surface area contributed by atoms with Crippen molar-refractivity contribution in [1.29, 1.82) is 0 Å². The molecule has 0 saturated carbocycles. The summed E-state index contributed by atoms with van der Waals surface area (Å²) in [5.74, 6) is 0.321. The average molecular weight is 333 g/mol. The summed E-state index contributed by atoms with van der Waals surface area (Å²) < 4.78 is 0. The van der Waals surface area contributed by atoms with Crippen LogP contribution >= 0.6 is 0 Å². The number of carbonyl (C=O) groups is 1. The monoisotopic (exact) mass is 333 g/mol. The van der Waals surface area contributed by atoms with Crippen LogP contribution in [0.25, 0.3) is 0 Å². The quantitative estimate of drug-likeness (QED) is 0.750. The lowest BCUT2D eigenvalue weighted by atomic mass is 10.1. The van der Waals surface area contributed by atoms with E-state index < -0.39 is 0 Å². The van der Waals surface area contributed by atoms with Crippen LogP contribution < -0.4 is 10.6 Å². The largest absolute Gasteiger partial charge is 0.347 e. The van der Waals surface area contributed by atoms with E-state index in [1.165, 1.54) is 17.3 Å². The van der Waals surface area contributed by atoms with E-state index in [2.05, 4.69) is 39.4 Å². The minimum Gasteiger partial charge on any atom is -0.347 e. The third-order valence-corrected chi connectivity index (χ3v) is 3.84. The number of aryl methyl sites for hydroxylation is 2. The van der Waals surface area contributed by atoms with Gasteiger partial charge in [-0.3, -0.25) is 9.78 Å². The summed E-state index contributed by atoms with van der Waals surface area (Å²) in [5, 5.41) is 5.98. The highest BCUT2D eigenvalue weighted by atomic mass is 16.1. The number of hydrogen-bond donors (Lipinski definition) is 2. The molecule has 0 aliphatic rings. The molecular weight excluding hydrogens is 314 g/mol. The molecule has 2 N–H and O–H groups in total. The van der Waals surface area contributed by atoms with Gasteiger partial charge >= 0.3 is 0 Å². The van der Waals surface area contributed by atoms with Crippen LogP contribution in [0.5, 0.6) is 0 Å². The lowest BCUT2D eigenvalue weighted by Gasteiger charge is -2.08. The minimum absolute atomic E-state index is 0.269. The molecule has 0 saturated heterocycles. The molecule has 25 heavy (non-hydrogen) atoms. The Morgan fingerprint density at radius 1 is 1.04 bits per heavy atom. The van der Waals surface area contributed by atoms with Crippen molar-refractivity contribution in [2.24, 2.45) is 0 Å². The van der Waals surface area contributed by atoms with Crippen LogP contribution in [0.1, 0.15) is 27.2 Å². The maximum absolute atomic E-state index is 12.1. The van der Waals surface area contributed by atoms with Crippen molar-refractivity contribution in [1.82, 2.24) is 20.3 Å². The summed E-state index contributed by atoms with van der Waals surface area (Å²) in [6.07, 6.45) is 6.41. The highest BCUT2D eigenvalue weighted by Gasteiger charge is 2.08. The van der Waals surface area contributed by atoms with Crippen LogP contribution in [0.4, 0.5) is 11.5 Å². The zero-order valence-electron chi connectivity index (χ0n) is 14.2. The summed E-state index contributed by atoms with van der Waals surface area (Å²) in [7, 11) is 0. The van der Waals surface area contributed by atoms with Gasteiger partial charge in [-0.25, -0.2) is 9.97 Å². The fourth-order valence-electron chi connectivity index (χ4n) is 2.25. The first-order chi connectivity index (χ1) is 12.1. The van der Waals surface area contributed by atoms with Gasteiger partial charge in [0.05, 0.1) is 12.4 Å². The molecule has 0 spiro atoms. The van der Waals surface area contributed by atoms with Gasteiger partial charge in [-0.1, -0.05) is 12.1 Å². The van der Waals surface area contributed by atoms with E-state index in [1.54, 1.807) is 18.6 Å². The van der Waals surface area contributed by atoms with Crippen LogP contribution in [0, 0.1) is 13.8 Å². The molecular formula is C19H19N5O. The molecule has 1 aromatic carbocycles. The van der Waals surface area contributed by atoms with Gasteiger partial charge < -0.3 is 10.6 Å². The second-order valence-electron chi connectivity index (χ2n) is 5.75. The van der Waals surface area contributed by atoms with Crippen molar-refractivity contribution >= 4 is 17.4 Å². The van der Waals surface area contributed by atoms with Crippen LogP contribution in [-0.2, 0) is 6.54 Å². The Kier molecular flexibility index (Phi) is 4.99. The Labute approximate surface area is 146 Å². The molecule has 2 heterocycles. The minimum atomic E-state index is -0.269. The Hall–Kier alpha value is -3.28. The number of hydrogen-bond acceptors (Lipinski definition) is 5. The number of amides is 1. The van der Waals surface area contributed by atoms with Crippen molar-refractivity contribution < 1.29 is 4.79 Å². The van der Waals surface area contributed by atoms with E-state index in [9.17, 15) is 4.79 Å². The van der Waals surface area contributed by atoms with Gasteiger partial charge in [-0.15, -0.1) is 0 Å². The SMILES string of the molecule is Cc1ccc(Nc2cnc(C(=O)NCc3cccnc3)cn2)cc1C. The second-order valence-corrected chi connectivity index (χ2v) is 5.75. The summed E-state index contributed by atoms with van der Waals surface area (Å²) in [5.41, 5.74) is 4.57. The van der Waals surface area contributed by atoms with Crippen LogP contribution in [0.15, 0.2) is 55.1 Å². The zero-order valence-corrected chi connectivity index (χ0v) is 14.2. The van der Waals surface area contributed by atoms with Crippen molar-refractivity contribution in [2.75, 3.05) is 5.32 Å². The predicted molar refractivity (Wildman–Crippen MR) is 96.6 cm³/mol. The van der Waals surface area contributed by atoms with Gasteiger partial charge in [-0.2, -0.15) is 0 Å². The third-order valence-electron chi connectivity index (χ3n) is 3.84. The molecule has 6 nitrogen and oxygen atoms in total. The van der Waals surface area contributed by atoms with Crippen molar-refractivity contribution in [3.8, 4) is 0 Å². The maximum Gasteiger partial charge on any atom is 0.271 e. The summed E-state index contributed by atoms with van der Waals surface area (Å²) >= 11 is 0. The number of anilines is 2. The molecule has 6 heteroatoms. The first-order valence-corrected chi connectivity index (χ1v) is 7.95. The first-order valence-electron chi connectivity index (χ1n) is 7.95. The summed E-state index contributed by atoms with van der Waals surface area (Å²) in [6.45, 7) is 4.52. The molecule has 126 valence electrons. The average Bonchev–Trinajstić information content (AvgIpc) is 2.64. The number of benzene rings is 1. The fourth-order valence-corrected chi connectivity index (χ4v) is 2.25. The lowest BCUT2D eigenvalue weighted by molar-refractivity contribution is 0.0945.